The fourth-order valence-electron chi connectivity index (χ4n) is 3.18. The van der Waals surface area contributed by atoms with E-state index in [-0.39, 0.29) is 11.2 Å². The first-order valence-corrected chi connectivity index (χ1v) is 8.80. The van der Waals surface area contributed by atoms with Gasteiger partial charge in [0.05, 0.1) is 5.75 Å². The zero-order valence-electron chi connectivity index (χ0n) is 10.9. The summed E-state index contributed by atoms with van der Waals surface area (Å²) in [4.78, 5) is 0. The molecule has 18 heavy (non-hydrogen) atoms. The van der Waals surface area contributed by atoms with Gasteiger partial charge in [-0.05, 0) is 37.8 Å². The lowest BCUT2D eigenvalue weighted by Crippen LogP contribution is -2.31. The molecule has 1 aromatic rings. The van der Waals surface area contributed by atoms with Crippen molar-refractivity contribution < 1.29 is 8.42 Å². The van der Waals surface area contributed by atoms with E-state index in [1.165, 1.54) is 16.7 Å². The molecule has 100 valence electrons. The lowest BCUT2D eigenvalue weighted by Gasteiger charge is -2.30. The van der Waals surface area contributed by atoms with E-state index in [2.05, 4.69) is 25.1 Å². The van der Waals surface area contributed by atoms with Crippen LogP contribution >= 0.6 is 10.7 Å². The summed E-state index contributed by atoms with van der Waals surface area (Å²) in [5, 5.41) is 0. The van der Waals surface area contributed by atoms with Crippen molar-refractivity contribution in [3.8, 4) is 0 Å². The second kappa shape index (κ2) is 4.86. The highest BCUT2D eigenvalue weighted by Gasteiger charge is 2.40. The van der Waals surface area contributed by atoms with Crippen molar-refractivity contribution in [2.45, 2.75) is 44.9 Å². The predicted octanol–water partition coefficient (Wildman–Crippen LogP) is 3.68. The second-order valence-corrected chi connectivity index (χ2v) is 8.27. The van der Waals surface area contributed by atoms with Crippen LogP contribution in [0.2, 0.25) is 0 Å². The van der Waals surface area contributed by atoms with Gasteiger partial charge in [-0.25, -0.2) is 8.42 Å². The van der Waals surface area contributed by atoms with Gasteiger partial charge in [-0.1, -0.05) is 36.6 Å². The maximum absolute atomic E-state index is 11.5. The Balaban J connectivity index is 2.50. The highest BCUT2D eigenvalue weighted by Crippen LogP contribution is 2.44. The minimum Gasteiger partial charge on any atom is -0.212 e. The van der Waals surface area contributed by atoms with Crippen LogP contribution in [0.4, 0.5) is 0 Å². The van der Waals surface area contributed by atoms with E-state index in [0.29, 0.717) is 0 Å². The Morgan fingerprint density at radius 3 is 2.39 bits per heavy atom. The minimum atomic E-state index is -3.47. The van der Waals surface area contributed by atoms with Crippen molar-refractivity contribution in [3.05, 3.63) is 34.9 Å². The smallest absolute Gasteiger partial charge is 0.212 e. The van der Waals surface area contributed by atoms with Crippen molar-refractivity contribution in [2.24, 2.45) is 0 Å². The molecule has 0 atom stereocenters. The SMILES string of the molecule is Cc1ccc(C)c(C2(CS(=O)(=O)Cl)CCCC2)c1. The quantitative estimate of drug-likeness (QED) is 0.794. The zero-order chi connectivity index (χ0) is 13.4. The van der Waals surface area contributed by atoms with E-state index in [1.807, 2.05) is 6.92 Å². The number of rotatable bonds is 3. The minimum absolute atomic E-state index is 0.0614. The van der Waals surface area contributed by atoms with Crippen LogP contribution in [0.3, 0.4) is 0 Å². The van der Waals surface area contributed by atoms with Gasteiger partial charge in [-0.15, -0.1) is 0 Å². The van der Waals surface area contributed by atoms with Crippen molar-refractivity contribution in [1.82, 2.24) is 0 Å². The molecular formula is C14H19ClO2S. The summed E-state index contributed by atoms with van der Waals surface area (Å²) in [7, 11) is 2.05. The van der Waals surface area contributed by atoms with Crippen molar-refractivity contribution in [1.29, 1.82) is 0 Å². The molecule has 1 aromatic carbocycles. The van der Waals surface area contributed by atoms with Crippen molar-refractivity contribution >= 4 is 19.7 Å². The molecule has 2 nitrogen and oxygen atoms in total. The maximum Gasteiger partial charge on any atom is 0.233 e. The third-order valence-corrected chi connectivity index (χ3v) is 5.20. The fraction of sp³-hybridized carbons (Fsp3) is 0.571. The number of hydrogen-bond donors (Lipinski definition) is 0. The van der Waals surface area contributed by atoms with Gasteiger partial charge in [0, 0.05) is 16.1 Å². The largest absolute Gasteiger partial charge is 0.233 e. The van der Waals surface area contributed by atoms with Crippen LogP contribution in [0.1, 0.15) is 42.4 Å². The van der Waals surface area contributed by atoms with Gasteiger partial charge in [0.1, 0.15) is 0 Å². The molecule has 0 bridgehead atoms. The normalized spacial score (nSPS) is 19.1. The Labute approximate surface area is 114 Å². The van der Waals surface area contributed by atoms with Crippen LogP contribution < -0.4 is 0 Å². The predicted molar refractivity (Wildman–Crippen MR) is 75.7 cm³/mol. The number of benzene rings is 1. The number of halogens is 1. The molecule has 0 saturated heterocycles. The molecule has 1 saturated carbocycles. The van der Waals surface area contributed by atoms with Crippen molar-refractivity contribution in [2.75, 3.05) is 5.75 Å². The molecule has 1 fully saturated rings. The lowest BCUT2D eigenvalue weighted by molar-refractivity contribution is 0.483. The summed E-state index contributed by atoms with van der Waals surface area (Å²) in [6, 6.07) is 6.27. The zero-order valence-corrected chi connectivity index (χ0v) is 12.4. The van der Waals surface area contributed by atoms with E-state index in [1.54, 1.807) is 0 Å². The maximum atomic E-state index is 11.5. The van der Waals surface area contributed by atoms with Crippen LogP contribution in [0, 0.1) is 13.8 Å². The van der Waals surface area contributed by atoms with Gasteiger partial charge in [-0.3, -0.25) is 0 Å². The van der Waals surface area contributed by atoms with E-state index >= 15 is 0 Å². The summed E-state index contributed by atoms with van der Waals surface area (Å²) < 4.78 is 23.1. The first-order valence-electron chi connectivity index (χ1n) is 6.33. The average Bonchev–Trinajstić information content (AvgIpc) is 2.68. The summed E-state index contributed by atoms with van der Waals surface area (Å²) in [5.74, 6) is 0.0614. The van der Waals surface area contributed by atoms with Crippen LogP contribution in [-0.2, 0) is 14.5 Å². The topological polar surface area (TPSA) is 34.1 Å². The highest BCUT2D eigenvalue weighted by molar-refractivity contribution is 8.13. The summed E-state index contributed by atoms with van der Waals surface area (Å²) >= 11 is 0. The Morgan fingerprint density at radius 2 is 1.83 bits per heavy atom. The number of hydrogen-bond acceptors (Lipinski definition) is 2. The Morgan fingerprint density at radius 1 is 1.22 bits per heavy atom. The molecule has 0 N–H and O–H groups in total. The average molecular weight is 287 g/mol. The molecule has 0 spiro atoms. The van der Waals surface area contributed by atoms with Gasteiger partial charge in [0.2, 0.25) is 9.05 Å². The summed E-state index contributed by atoms with van der Waals surface area (Å²) in [5.41, 5.74) is 3.25. The van der Waals surface area contributed by atoms with Gasteiger partial charge < -0.3 is 0 Å². The van der Waals surface area contributed by atoms with E-state index in [4.69, 9.17) is 10.7 Å². The molecular weight excluding hydrogens is 268 g/mol. The first kappa shape index (κ1) is 13.9. The van der Waals surface area contributed by atoms with Crippen molar-refractivity contribution in [3.63, 3.8) is 0 Å². The van der Waals surface area contributed by atoms with Crippen LogP contribution in [0.15, 0.2) is 18.2 Å². The van der Waals surface area contributed by atoms with Crippen LogP contribution in [0.5, 0.6) is 0 Å². The first-order chi connectivity index (χ1) is 8.32. The molecule has 0 aliphatic heterocycles. The second-order valence-electron chi connectivity index (χ2n) is 5.49. The molecule has 0 radical (unpaired) electrons. The fourth-order valence-corrected chi connectivity index (χ4v) is 4.91. The lowest BCUT2D eigenvalue weighted by atomic mass is 9.78. The standard InChI is InChI=1S/C14H19ClO2S/c1-11-5-6-12(2)13(9-11)14(7-3-4-8-14)10-18(15,16)17/h5-6,9H,3-4,7-8,10H2,1-2H3. The van der Waals surface area contributed by atoms with Gasteiger partial charge in [0.25, 0.3) is 0 Å². The molecule has 4 heteroatoms. The van der Waals surface area contributed by atoms with E-state index in [0.717, 1.165) is 25.7 Å². The third-order valence-electron chi connectivity index (χ3n) is 3.97. The molecule has 1 aliphatic rings. The van der Waals surface area contributed by atoms with E-state index in [9.17, 15) is 8.42 Å². The summed E-state index contributed by atoms with van der Waals surface area (Å²) in [6.45, 7) is 4.09. The molecule has 0 aromatic heterocycles. The molecule has 2 rings (SSSR count). The highest BCUT2D eigenvalue weighted by atomic mass is 35.7. The van der Waals surface area contributed by atoms with Gasteiger partial charge >= 0.3 is 0 Å². The molecule has 0 unspecified atom stereocenters. The Bertz CT molecular complexity index is 543. The van der Waals surface area contributed by atoms with Crippen LogP contribution in [-0.4, -0.2) is 14.2 Å². The van der Waals surface area contributed by atoms with E-state index < -0.39 is 9.05 Å². The molecule has 0 heterocycles. The monoisotopic (exact) mass is 286 g/mol. The molecule has 0 amide bonds. The molecule has 1 aliphatic carbocycles. The summed E-state index contributed by atoms with van der Waals surface area (Å²) in [6.07, 6.45) is 4.01. The number of aryl methyl sites for hydroxylation is 2. The third kappa shape index (κ3) is 2.89. The Kier molecular flexibility index (Phi) is 3.75. The van der Waals surface area contributed by atoms with Crippen LogP contribution in [0.25, 0.3) is 0 Å². The van der Waals surface area contributed by atoms with Gasteiger partial charge in [0.15, 0.2) is 0 Å². The van der Waals surface area contributed by atoms with Gasteiger partial charge in [-0.2, -0.15) is 0 Å². The Hall–Kier alpha value is -0.540.